The fourth-order valence-corrected chi connectivity index (χ4v) is 2.88. The molecule has 0 fully saturated rings. The summed E-state index contributed by atoms with van der Waals surface area (Å²) < 4.78 is 6.49. The molecule has 3 aromatic rings. The Morgan fingerprint density at radius 2 is 1.72 bits per heavy atom. The fourth-order valence-electron chi connectivity index (χ4n) is 2.88. The Hall–Kier alpha value is -3.88. The van der Waals surface area contributed by atoms with Crippen LogP contribution >= 0.6 is 0 Å². The molecule has 0 saturated heterocycles. The molecule has 9 heteroatoms. The number of amides is 1. The van der Waals surface area contributed by atoms with Gasteiger partial charge in [0.15, 0.2) is 0 Å². The zero-order valence-electron chi connectivity index (χ0n) is 15.3. The van der Waals surface area contributed by atoms with Gasteiger partial charge in [0.1, 0.15) is 25.0 Å². The van der Waals surface area contributed by atoms with Crippen molar-refractivity contribution in [2.24, 2.45) is 0 Å². The number of carbonyl (C=O) groups excluding carboxylic acids is 1. The Labute approximate surface area is 165 Å². The normalized spacial score (nSPS) is 11.7. The predicted molar refractivity (Wildman–Crippen MR) is 102 cm³/mol. The van der Waals surface area contributed by atoms with Gasteiger partial charge in [0, 0.05) is 6.42 Å². The van der Waals surface area contributed by atoms with Crippen molar-refractivity contribution in [3.8, 4) is 0 Å². The van der Waals surface area contributed by atoms with Crippen molar-refractivity contribution in [3.05, 3.63) is 66.0 Å². The monoisotopic (exact) mass is 397 g/mol. The van der Waals surface area contributed by atoms with Crippen LogP contribution in [0.2, 0.25) is 0 Å². The summed E-state index contributed by atoms with van der Waals surface area (Å²) in [7, 11) is 0. The molecule has 1 atom stereocenters. The number of nitrogens with zero attached hydrogens (tertiary/aromatic N) is 2. The number of fused-ring (bicyclic) bond motifs is 1. The minimum absolute atomic E-state index is 0.00343. The molecule has 9 nitrogen and oxygen atoms in total. The molecular formula is C20H19N3O6. The summed E-state index contributed by atoms with van der Waals surface area (Å²) in [4.78, 5) is 39.2. The minimum Gasteiger partial charge on any atom is -0.480 e. The molecule has 0 aliphatic carbocycles. The van der Waals surface area contributed by atoms with Gasteiger partial charge >= 0.3 is 18.0 Å². The molecule has 3 N–H and O–H groups in total. The van der Waals surface area contributed by atoms with Gasteiger partial charge in [0.05, 0.1) is 11.0 Å². The van der Waals surface area contributed by atoms with Crippen molar-refractivity contribution in [1.29, 1.82) is 0 Å². The maximum absolute atomic E-state index is 12.0. The molecule has 29 heavy (non-hydrogen) atoms. The first-order valence-corrected chi connectivity index (χ1v) is 8.80. The summed E-state index contributed by atoms with van der Waals surface area (Å²) in [5.74, 6) is -2.13. The van der Waals surface area contributed by atoms with E-state index in [1.54, 1.807) is 48.5 Å². The molecular weight excluding hydrogens is 378 g/mol. The summed E-state index contributed by atoms with van der Waals surface area (Å²) in [6.07, 6.45) is -1.08. The van der Waals surface area contributed by atoms with Gasteiger partial charge in [-0.1, -0.05) is 42.5 Å². The molecule has 3 rings (SSSR count). The van der Waals surface area contributed by atoms with Gasteiger partial charge in [-0.25, -0.2) is 14.6 Å². The van der Waals surface area contributed by atoms with Crippen LogP contribution in [0.4, 0.5) is 4.79 Å². The summed E-state index contributed by atoms with van der Waals surface area (Å²) in [6.45, 7) is -0.378. The molecule has 0 spiro atoms. The number of imidazole rings is 1. The first-order valence-electron chi connectivity index (χ1n) is 8.80. The number of rotatable bonds is 8. The van der Waals surface area contributed by atoms with E-state index in [9.17, 15) is 24.6 Å². The van der Waals surface area contributed by atoms with Crippen LogP contribution in [0.25, 0.3) is 11.0 Å². The van der Waals surface area contributed by atoms with Gasteiger partial charge < -0.3 is 24.8 Å². The molecule has 0 saturated carbocycles. The van der Waals surface area contributed by atoms with Crippen LogP contribution in [0.15, 0.2) is 54.6 Å². The maximum atomic E-state index is 12.0. The fraction of sp³-hybridized carbons (Fsp3) is 0.200. The summed E-state index contributed by atoms with van der Waals surface area (Å²) in [5, 5.41) is 21.0. The lowest BCUT2D eigenvalue weighted by Crippen LogP contribution is -2.43. The third-order valence-corrected chi connectivity index (χ3v) is 4.22. The number of carboxylic acids is 2. The highest BCUT2D eigenvalue weighted by atomic mass is 16.5. The van der Waals surface area contributed by atoms with Gasteiger partial charge in [-0.05, 0) is 17.7 Å². The second-order valence-corrected chi connectivity index (χ2v) is 6.30. The highest BCUT2D eigenvalue weighted by molar-refractivity contribution is 5.81. The van der Waals surface area contributed by atoms with E-state index in [-0.39, 0.29) is 25.4 Å². The third-order valence-electron chi connectivity index (χ3n) is 4.22. The number of nitrogens with one attached hydrogen (secondary N) is 1. The Balaban J connectivity index is 1.74. The molecule has 0 bridgehead atoms. The quantitative estimate of drug-likeness (QED) is 0.530. The average Bonchev–Trinajstić information content (AvgIpc) is 3.03. The Bertz CT molecular complexity index is 1030. The number of aromatic nitrogens is 2. The average molecular weight is 397 g/mol. The summed E-state index contributed by atoms with van der Waals surface area (Å²) in [5.41, 5.74) is 1.87. The first kappa shape index (κ1) is 19.9. The number of aliphatic carboxylic acids is 2. The standard InChI is InChI=1S/C20H19N3O6/c24-18(25)11-23-16-9-5-4-8-14(16)21-17(23)10-15(19(26)27)22-20(28)29-12-13-6-2-1-3-7-13/h1-9,15H,10-12H2,(H,22,28)(H,24,25)(H,26,27)/t15-/m1/s1. The lowest BCUT2D eigenvalue weighted by atomic mass is 10.2. The van der Waals surface area contributed by atoms with E-state index in [0.717, 1.165) is 5.56 Å². The number of carbonyl (C=O) groups is 3. The minimum atomic E-state index is -1.33. The third kappa shape index (κ3) is 5.10. The Kier molecular flexibility index (Phi) is 6.08. The van der Waals surface area contributed by atoms with E-state index < -0.39 is 24.1 Å². The van der Waals surface area contributed by atoms with Crippen molar-refractivity contribution in [3.63, 3.8) is 0 Å². The molecule has 0 aliphatic heterocycles. The molecule has 1 heterocycles. The molecule has 150 valence electrons. The SMILES string of the molecule is O=C(O)Cn1c(C[C@@H](NC(=O)OCc2ccccc2)C(=O)O)nc2ccccc21. The number of alkyl carbamates (subject to hydrolysis) is 1. The Morgan fingerprint density at radius 3 is 2.41 bits per heavy atom. The van der Waals surface area contributed by atoms with Crippen LogP contribution in [0.3, 0.4) is 0 Å². The van der Waals surface area contributed by atoms with Crippen LogP contribution in [-0.4, -0.2) is 43.8 Å². The number of para-hydroxylation sites is 2. The maximum Gasteiger partial charge on any atom is 0.408 e. The van der Waals surface area contributed by atoms with Gasteiger partial charge in [-0.15, -0.1) is 0 Å². The van der Waals surface area contributed by atoms with Crippen molar-refractivity contribution < 1.29 is 29.3 Å². The second kappa shape index (κ2) is 8.87. The van der Waals surface area contributed by atoms with Crippen molar-refractivity contribution in [2.75, 3.05) is 0 Å². The number of benzene rings is 2. The van der Waals surface area contributed by atoms with Crippen LogP contribution in [0.5, 0.6) is 0 Å². The zero-order valence-corrected chi connectivity index (χ0v) is 15.3. The highest BCUT2D eigenvalue weighted by Gasteiger charge is 2.25. The summed E-state index contributed by atoms with van der Waals surface area (Å²) >= 11 is 0. The van der Waals surface area contributed by atoms with Gasteiger partial charge in [0.2, 0.25) is 0 Å². The van der Waals surface area contributed by atoms with Crippen LogP contribution in [0, 0.1) is 0 Å². The largest absolute Gasteiger partial charge is 0.480 e. The Morgan fingerprint density at radius 1 is 1.03 bits per heavy atom. The van der Waals surface area contributed by atoms with Crippen LogP contribution < -0.4 is 5.32 Å². The predicted octanol–water partition coefficient (Wildman–Crippen LogP) is 2.04. The number of hydrogen-bond donors (Lipinski definition) is 3. The van der Waals surface area contributed by atoms with Crippen molar-refractivity contribution in [1.82, 2.24) is 14.9 Å². The number of hydrogen-bond acceptors (Lipinski definition) is 5. The lowest BCUT2D eigenvalue weighted by Gasteiger charge is -2.15. The second-order valence-electron chi connectivity index (χ2n) is 6.30. The highest BCUT2D eigenvalue weighted by Crippen LogP contribution is 2.17. The van der Waals surface area contributed by atoms with E-state index in [0.29, 0.717) is 11.0 Å². The lowest BCUT2D eigenvalue weighted by molar-refractivity contribution is -0.139. The van der Waals surface area contributed by atoms with E-state index in [1.807, 2.05) is 6.07 Å². The number of carboxylic acid groups (broad SMARTS) is 2. The van der Waals surface area contributed by atoms with Crippen LogP contribution in [-0.2, 0) is 33.9 Å². The van der Waals surface area contributed by atoms with Crippen LogP contribution in [0.1, 0.15) is 11.4 Å². The molecule has 0 unspecified atom stereocenters. The smallest absolute Gasteiger partial charge is 0.408 e. The molecule has 0 aliphatic rings. The van der Waals surface area contributed by atoms with Crippen molar-refractivity contribution >= 4 is 29.1 Å². The van der Waals surface area contributed by atoms with Gasteiger partial charge in [-0.2, -0.15) is 0 Å². The van der Waals surface area contributed by atoms with E-state index in [2.05, 4.69) is 10.3 Å². The molecule has 1 amide bonds. The van der Waals surface area contributed by atoms with Gasteiger partial charge in [0.25, 0.3) is 0 Å². The van der Waals surface area contributed by atoms with E-state index in [4.69, 9.17) is 4.74 Å². The van der Waals surface area contributed by atoms with Crippen molar-refractivity contribution in [2.45, 2.75) is 25.6 Å². The van der Waals surface area contributed by atoms with Gasteiger partial charge in [-0.3, -0.25) is 4.79 Å². The zero-order chi connectivity index (χ0) is 20.8. The number of ether oxygens (including phenoxy) is 1. The molecule has 2 aromatic carbocycles. The molecule has 1 aromatic heterocycles. The summed E-state index contributed by atoms with van der Waals surface area (Å²) in [6, 6.07) is 14.5. The molecule has 0 radical (unpaired) electrons. The first-order chi connectivity index (χ1) is 13.9. The van der Waals surface area contributed by atoms with E-state index in [1.165, 1.54) is 4.57 Å². The van der Waals surface area contributed by atoms with E-state index >= 15 is 0 Å². The topological polar surface area (TPSA) is 131 Å².